The SMILES string of the molecule is CNC(=O)NC(=O)CSc1nnc(SCc2ccc(OC)cc2)s1. The second kappa shape index (κ2) is 9.50. The molecule has 1 aromatic carbocycles. The van der Waals surface area contributed by atoms with E-state index in [9.17, 15) is 9.59 Å². The van der Waals surface area contributed by atoms with Crippen molar-refractivity contribution in [3.63, 3.8) is 0 Å². The Morgan fingerprint density at radius 2 is 1.83 bits per heavy atom. The molecule has 7 nitrogen and oxygen atoms in total. The van der Waals surface area contributed by atoms with E-state index in [1.54, 1.807) is 18.9 Å². The highest BCUT2D eigenvalue weighted by Gasteiger charge is 2.10. The lowest BCUT2D eigenvalue weighted by molar-refractivity contribution is -0.117. The molecule has 0 aliphatic heterocycles. The second-order valence-corrected chi connectivity index (χ2v) is 7.81. The van der Waals surface area contributed by atoms with Gasteiger partial charge in [-0.2, -0.15) is 0 Å². The maximum absolute atomic E-state index is 11.5. The van der Waals surface area contributed by atoms with Gasteiger partial charge in [0.2, 0.25) is 5.91 Å². The summed E-state index contributed by atoms with van der Waals surface area (Å²) in [5.74, 6) is 1.35. The molecule has 0 aliphatic carbocycles. The van der Waals surface area contributed by atoms with Crippen molar-refractivity contribution in [3.8, 4) is 5.75 Å². The first-order chi connectivity index (χ1) is 11.6. The third-order valence-corrected chi connectivity index (χ3v) is 5.98. The molecule has 0 fully saturated rings. The first-order valence-corrected chi connectivity index (χ1v) is 9.63. The number of rotatable bonds is 7. The first kappa shape index (κ1) is 18.6. The zero-order valence-electron chi connectivity index (χ0n) is 13.1. The number of nitrogens with zero attached hydrogens (tertiary/aromatic N) is 2. The van der Waals surface area contributed by atoms with E-state index in [4.69, 9.17) is 4.74 Å². The van der Waals surface area contributed by atoms with E-state index in [0.29, 0.717) is 4.34 Å². The van der Waals surface area contributed by atoms with Gasteiger partial charge in [0.25, 0.3) is 0 Å². The maximum atomic E-state index is 11.5. The minimum Gasteiger partial charge on any atom is -0.497 e. The molecule has 1 aromatic heterocycles. The van der Waals surface area contributed by atoms with Crippen LogP contribution in [0.3, 0.4) is 0 Å². The maximum Gasteiger partial charge on any atom is 0.321 e. The highest BCUT2D eigenvalue weighted by molar-refractivity contribution is 8.03. The molecule has 0 saturated heterocycles. The van der Waals surface area contributed by atoms with Crippen molar-refractivity contribution >= 4 is 46.8 Å². The Labute approximate surface area is 152 Å². The highest BCUT2D eigenvalue weighted by atomic mass is 32.2. The minimum atomic E-state index is -0.520. The van der Waals surface area contributed by atoms with E-state index >= 15 is 0 Å². The predicted octanol–water partition coefficient (Wildman–Crippen LogP) is 2.39. The van der Waals surface area contributed by atoms with Crippen molar-refractivity contribution in [3.05, 3.63) is 29.8 Å². The summed E-state index contributed by atoms with van der Waals surface area (Å²) in [4.78, 5) is 22.5. The number of urea groups is 1. The van der Waals surface area contributed by atoms with Crippen LogP contribution in [0, 0.1) is 0 Å². The largest absolute Gasteiger partial charge is 0.497 e. The Hall–Kier alpha value is -1.78. The minimum absolute atomic E-state index is 0.116. The Bertz CT molecular complexity index is 691. The van der Waals surface area contributed by atoms with Crippen LogP contribution in [0.4, 0.5) is 4.79 Å². The molecule has 0 atom stereocenters. The molecule has 0 saturated carbocycles. The third kappa shape index (κ3) is 6.02. The number of thioether (sulfide) groups is 2. The number of benzene rings is 1. The molecule has 0 aliphatic rings. The monoisotopic (exact) mass is 384 g/mol. The topological polar surface area (TPSA) is 93.2 Å². The van der Waals surface area contributed by atoms with E-state index in [1.165, 1.54) is 30.1 Å². The fourth-order valence-electron chi connectivity index (χ4n) is 1.53. The fraction of sp³-hybridized carbons (Fsp3) is 0.286. The van der Waals surface area contributed by atoms with Crippen molar-refractivity contribution in [2.75, 3.05) is 19.9 Å². The summed E-state index contributed by atoms with van der Waals surface area (Å²) < 4.78 is 6.65. The lowest BCUT2D eigenvalue weighted by Crippen LogP contribution is -2.38. The van der Waals surface area contributed by atoms with Crippen molar-refractivity contribution in [2.24, 2.45) is 0 Å². The van der Waals surface area contributed by atoms with Crippen molar-refractivity contribution in [1.82, 2.24) is 20.8 Å². The van der Waals surface area contributed by atoms with E-state index in [1.807, 2.05) is 24.3 Å². The van der Waals surface area contributed by atoms with Gasteiger partial charge < -0.3 is 10.1 Å². The molecule has 0 spiro atoms. The number of carbonyl (C=O) groups is 2. The number of hydrogen-bond acceptors (Lipinski definition) is 8. The molecule has 0 bridgehead atoms. The number of hydrogen-bond donors (Lipinski definition) is 2. The third-order valence-electron chi connectivity index (χ3n) is 2.72. The van der Waals surface area contributed by atoms with Gasteiger partial charge in [-0.25, -0.2) is 4.79 Å². The summed E-state index contributed by atoms with van der Waals surface area (Å²) in [6, 6.07) is 7.33. The lowest BCUT2D eigenvalue weighted by Gasteiger charge is -2.01. The average molecular weight is 385 g/mol. The molecule has 0 unspecified atom stereocenters. The van der Waals surface area contributed by atoms with Crippen LogP contribution >= 0.6 is 34.9 Å². The summed E-state index contributed by atoms with van der Waals surface area (Å²) in [6.45, 7) is 0. The second-order valence-electron chi connectivity index (χ2n) is 4.39. The molecule has 24 heavy (non-hydrogen) atoms. The molecular weight excluding hydrogens is 368 g/mol. The van der Waals surface area contributed by atoms with Crippen LogP contribution in [0.25, 0.3) is 0 Å². The molecule has 128 valence electrons. The van der Waals surface area contributed by atoms with Crippen LogP contribution in [-0.2, 0) is 10.5 Å². The van der Waals surface area contributed by atoms with E-state index in [-0.39, 0.29) is 11.7 Å². The van der Waals surface area contributed by atoms with Crippen LogP contribution < -0.4 is 15.4 Å². The van der Waals surface area contributed by atoms with Crippen molar-refractivity contribution in [2.45, 2.75) is 14.4 Å². The molecule has 0 radical (unpaired) electrons. The van der Waals surface area contributed by atoms with Gasteiger partial charge in [-0.05, 0) is 17.7 Å². The molecule has 1 heterocycles. The fourth-order valence-corrected chi connectivity index (χ4v) is 4.31. The van der Waals surface area contributed by atoms with Gasteiger partial charge in [-0.15, -0.1) is 10.2 Å². The summed E-state index contributed by atoms with van der Waals surface area (Å²) in [5, 5.41) is 12.6. The Balaban J connectivity index is 1.78. The summed E-state index contributed by atoms with van der Waals surface area (Å²) in [6.07, 6.45) is 0. The summed E-state index contributed by atoms with van der Waals surface area (Å²) in [7, 11) is 3.09. The van der Waals surface area contributed by atoms with Crippen LogP contribution in [-0.4, -0.2) is 42.0 Å². The quantitative estimate of drug-likeness (QED) is 0.708. The first-order valence-electron chi connectivity index (χ1n) is 6.84. The number of aromatic nitrogens is 2. The number of ether oxygens (including phenoxy) is 1. The van der Waals surface area contributed by atoms with Gasteiger partial charge in [0.15, 0.2) is 8.68 Å². The van der Waals surface area contributed by atoms with Crippen molar-refractivity contribution in [1.29, 1.82) is 0 Å². The number of carbonyl (C=O) groups excluding carboxylic acids is 2. The van der Waals surface area contributed by atoms with Gasteiger partial charge in [0.05, 0.1) is 12.9 Å². The normalized spacial score (nSPS) is 10.2. The van der Waals surface area contributed by atoms with Gasteiger partial charge in [-0.3, -0.25) is 10.1 Å². The molecule has 10 heteroatoms. The molecule has 3 amide bonds. The number of amides is 3. The van der Waals surface area contributed by atoms with E-state index in [0.717, 1.165) is 21.4 Å². The van der Waals surface area contributed by atoms with Crippen LogP contribution in [0.5, 0.6) is 5.75 Å². The molecule has 2 aromatic rings. The predicted molar refractivity (Wildman–Crippen MR) is 95.8 cm³/mol. The van der Waals surface area contributed by atoms with Crippen LogP contribution in [0.2, 0.25) is 0 Å². The zero-order chi connectivity index (χ0) is 17.4. The van der Waals surface area contributed by atoms with Gasteiger partial charge in [0.1, 0.15) is 5.75 Å². The Kier molecular flexibility index (Phi) is 7.35. The lowest BCUT2D eigenvalue weighted by atomic mass is 10.2. The van der Waals surface area contributed by atoms with Gasteiger partial charge in [-0.1, -0.05) is 47.0 Å². The Morgan fingerprint density at radius 1 is 1.17 bits per heavy atom. The summed E-state index contributed by atoms with van der Waals surface area (Å²) in [5.41, 5.74) is 1.16. The smallest absolute Gasteiger partial charge is 0.321 e. The molecule has 2 rings (SSSR count). The van der Waals surface area contributed by atoms with Crippen LogP contribution in [0.15, 0.2) is 32.9 Å². The Morgan fingerprint density at radius 3 is 2.46 bits per heavy atom. The summed E-state index contributed by atoms with van der Waals surface area (Å²) >= 11 is 4.26. The van der Waals surface area contributed by atoms with Crippen molar-refractivity contribution < 1.29 is 14.3 Å². The van der Waals surface area contributed by atoms with Crippen LogP contribution in [0.1, 0.15) is 5.56 Å². The van der Waals surface area contributed by atoms with E-state index < -0.39 is 6.03 Å². The number of nitrogens with one attached hydrogen (secondary N) is 2. The van der Waals surface area contributed by atoms with Gasteiger partial charge >= 0.3 is 6.03 Å². The number of methoxy groups -OCH3 is 1. The average Bonchev–Trinajstić information content (AvgIpc) is 3.06. The van der Waals surface area contributed by atoms with Gasteiger partial charge in [0, 0.05) is 12.8 Å². The standard InChI is InChI=1S/C14H16N4O3S3/c1-15-12(20)16-11(19)8-23-14-18-17-13(24-14)22-7-9-3-5-10(21-2)6-4-9/h3-6H,7-8H2,1-2H3,(H2,15,16,19,20). The highest BCUT2D eigenvalue weighted by Crippen LogP contribution is 2.30. The number of imide groups is 1. The zero-order valence-corrected chi connectivity index (χ0v) is 15.5. The molecule has 2 N–H and O–H groups in total. The molecular formula is C14H16N4O3S3. The van der Waals surface area contributed by atoms with E-state index in [2.05, 4.69) is 20.8 Å².